The van der Waals surface area contributed by atoms with Crippen molar-refractivity contribution in [2.75, 3.05) is 0 Å². The van der Waals surface area contributed by atoms with Gasteiger partial charge in [0.2, 0.25) is 0 Å². The predicted molar refractivity (Wildman–Crippen MR) is 114 cm³/mol. The van der Waals surface area contributed by atoms with E-state index >= 15 is 0 Å². The van der Waals surface area contributed by atoms with Crippen LogP contribution >= 0.6 is 0 Å². The third-order valence-corrected chi connectivity index (χ3v) is 4.61. The van der Waals surface area contributed by atoms with E-state index in [1.165, 1.54) is 23.1 Å². The summed E-state index contributed by atoms with van der Waals surface area (Å²) in [5.74, 6) is -0.221. The Labute approximate surface area is 158 Å². The lowest BCUT2D eigenvalue weighted by molar-refractivity contribution is 0.628. The fraction of sp³-hybridized carbons (Fsp3) is 0.0400. The minimum absolute atomic E-state index is 0.221. The van der Waals surface area contributed by atoms with Crippen LogP contribution in [0.1, 0.15) is 27.9 Å². The van der Waals surface area contributed by atoms with E-state index in [0.717, 1.165) is 27.9 Å². The van der Waals surface area contributed by atoms with Gasteiger partial charge in [0, 0.05) is 22.2 Å². The minimum Gasteiger partial charge on any atom is -0.355 e. The van der Waals surface area contributed by atoms with Crippen LogP contribution in [-0.2, 0) is 0 Å². The van der Waals surface area contributed by atoms with Crippen molar-refractivity contribution in [3.63, 3.8) is 0 Å². The number of aryl methyl sites for hydroxylation is 1. The van der Waals surface area contributed by atoms with Gasteiger partial charge in [-0.3, -0.25) is 0 Å². The normalized spacial score (nSPS) is 11.8. The van der Waals surface area contributed by atoms with Gasteiger partial charge >= 0.3 is 0 Å². The molecule has 3 aromatic carbocycles. The molecule has 0 aliphatic heterocycles. The summed E-state index contributed by atoms with van der Waals surface area (Å²) in [4.78, 5) is 3.49. The van der Waals surface area contributed by atoms with Gasteiger partial charge in [0.15, 0.2) is 0 Å². The molecule has 1 nitrogen and oxygen atoms in total. The number of halogens is 1. The highest BCUT2D eigenvalue weighted by atomic mass is 19.1. The van der Waals surface area contributed by atoms with E-state index in [1.807, 2.05) is 18.2 Å². The van der Waals surface area contributed by atoms with E-state index in [0.29, 0.717) is 0 Å². The van der Waals surface area contributed by atoms with Crippen molar-refractivity contribution in [2.24, 2.45) is 0 Å². The summed E-state index contributed by atoms with van der Waals surface area (Å²) in [6.07, 6.45) is 8.31. The van der Waals surface area contributed by atoms with Crippen LogP contribution in [0.5, 0.6) is 0 Å². The third-order valence-electron chi connectivity index (χ3n) is 4.61. The standard InChI is InChI=1S/C25H20FN/c1-18-6-8-19(9-7-18)13-17-25-23(22-4-2-3-5-24(22)27-25)16-12-20-10-14-21(26)15-11-20/h2-17,27H,1H3/b16-12+,17-13+. The highest BCUT2D eigenvalue weighted by molar-refractivity contribution is 5.96. The fourth-order valence-corrected chi connectivity index (χ4v) is 3.11. The molecule has 1 aromatic heterocycles. The maximum Gasteiger partial charge on any atom is 0.123 e. The van der Waals surface area contributed by atoms with E-state index in [4.69, 9.17) is 0 Å². The Kier molecular flexibility index (Phi) is 4.71. The number of para-hydroxylation sites is 1. The molecule has 0 saturated heterocycles. The van der Waals surface area contributed by atoms with Crippen molar-refractivity contribution in [3.8, 4) is 0 Å². The fourth-order valence-electron chi connectivity index (χ4n) is 3.11. The van der Waals surface area contributed by atoms with E-state index in [9.17, 15) is 4.39 Å². The Hall–Kier alpha value is -3.39. The molecule has 0 spiro atoms. The number of aromatic amines is 1. The van der Waals surface area contributed by atoms with Crippen LogP contribution in [0.2, 0.25) is 0 Å². The summed E-state index contributed by atoms with van der Waals surface area (Å²) in [6, 6.07) is 23.2. The van der Waals surface area contributed by atoms with Crippen molar-refractivity contribution < 1.29 is 4.39 Å². The van der Waals surface area contributed by atoms with Crippen molar-refractivity contribution in [1.82, 2.24) is 4.98 Å². The van der Waals surface area contributed by atoms with Gasteiger partial charge < -0.3 is 4.98 Å². The zero-order valence-corrected chi connectivity index (χ0v) is 15.1. The maximum atomic E-state index is 13.1. The first-order valence-corrected chi connectivity index (χ1v) is 8.98. The molecule has 4 aromatic rings. The molecule has 0 aliphatic rings. The highest BCUT2D eigenvalue weighted by Gasteiger charge is 2.06. The third kappa shape index (κ3) is 3.90. The molecule has 0 atom stereocenters. The quantitative estimate of drug-likeness (QED) is 0.408. The summed E-state index contributed by atoms with van der Waals surface area (Å²) in [7, 11) is 0. The molecule has 0 unspecified atom stereocenters. The van der Waals surface area contributed by atoms with Gasteiger partial charge in [0.25, 0.3) is 0 Å². The lowest BCUT2D eigenvalue weighted by atomic mass is 10.1. The van der Waals surface area contributed by atoms with Crippen LogP contribution in [0.3, 0.4) is 0 Å². The first-order chi connectivity index (χ1) is 13.2. The number of nitrogens with one attached hydrogen (secondary N) is 1. The van der Waals surface area contributed by atoms with Crippen molar-refractivity contribution in [3.05, 3.63) is 107 Å². The molecule has 0 radical (unpaired) electrons. The first-order valence-electron chi connectivity index (χ1n) is 8.98. The number of rotatable bonds is 4. The zero-order chi connectivity index (χ0) is 18.6. The zero-order valence-electron chi connectivity index (χ0n) is 15.1. The average molecular weight is 353 g/mol. The van der Waals surface area contributed by atoms with Gasteiger partial charge in [-0.2, -0.15) is 0 Å². The average Bonchev–Trinajstić information content (AvgIpc) is 3.05. The Balaban J connectivity index is 1.72. The van der Waals surface area contributed by atoms with E-state index < -0.39 is 0 Å². The molecule has 2 heteroatoms. The first kappa shape index (κ1) is 17.0. The molecule has 4 rings (SSSR count). The lowest BCUT2D eigenvalue weighted by Crippen LogP contribution is -1.79. The van der Waals surface area contributed by atoms with E-state index in [2.05, 4.69) is 66.5 Å². The summed E-state index contributed by atoms with van der Waals surface area (Å²) >= 11 is 0. The Morgan fingerprint density at radius 1 is 0.704 bits per heavy atom. The van der Waals surface area contributed by atoms with Crippen LogP contribution in [0.25, 0.3) is 35.2 Å². The number of hydrogen-bond acceptors (Lipinski definition) is 0. The second kappa shape index (κ2) is 7.46. The molecule has 132 valence electrons. The largest absolute Gasteiger partial charge is 0.355 e. The molecule has 1 heterocycles. The Morgan fingerprint density at radius 2 is 1.33 bits per heavy atom. The van der Waals surface area contributed by atoms with Crippen LogP contribution in [0.15, 0.2) is 72.8 Å². The van der Waals surface area contributed by atoms with Gasteiger partial charge in [-0.1, -0.05) is 78.4 Å². The van der Waals surface area contributed by atoms with E-state index in [1.54, 1.807) is 12.1 Å². The maximum absolute atomic E-state index is 13.1. The number of H-pyrrole nitrogens is 1. The van der Waals surface area contributed by atoms with Gasteiger partial charge in [0.05, 0.1) is 0 Å². The monoisotopic (exact) mass is 353 g/mol. The Bertz CT molecular complexity index is 1110. The molecule has 0 fully saturated rings. The molecule has 0 saturated carbocycles. The molecule has 0 aliphatic carbocycles. The summed E-state index contributed by atoms with van der Waals surface area (Å²) in [5, 5.41) is 1.17. The number of fused-ring (bicyclic) bond motifs is 1. The molecule has 0 amide bonds. The number of aromatic nitrogens is 1. The molecular weight excluding hydrogens is 333 g/mol. The topological polar surface area (TPSA) is 15.8 Å². The van der Waals surface area contributed by atoms with Gasteiger partial charge in [-0.25, -0.2) is 4.39 Å². The van der Waals surface area contributed by atoms with Crippen molar-refractivity contribution >= 4 is 35.2 Å². The second-order valence-corrected chi connectivity index (χ2v) is 6.63. The van der Waals surface area contributed by atoms with Gasteiger partial charge in [0.1, 0.15) is 5.82 Å². The van der Waals surface area contributed by atoms with Gasteiger partial charge in [-0.05, 0) is 42.3 Å². The SMILES string of the molecule is Cc1ccc(/C=C/c2[nH]c3ccccc3c2/C=C/c2ccc(F)cc2)cc1. The molecular formula is C25H20FN. The smallest absolute Gasteiger partial charge is 0.123 e. The lowest BCUT2D eigenvalue weighted by Gasteiger charge is -1.98. The molecule has 27 heavy (non-hydrogen) atoms. The van der Waals surface area contributed by atoms with Crippen molar-refractivity contribution in [1.29, 1.82) is 0 Å². The van der Waals surface area contributed by atoms with Crippen molar-refractivity contribution in [2.45, 2.75) is 6.92 Å². The minimum atomic E-state index is -0.221. The van der Waals surface area contributed by atoms with Crippen LogP contribution in [-0.4, -0.2) is 4.98 Å². The van der Waals surface area contributed by atoms with Crippen LogP contribution < -0.4 is 0 Å². The number of benzene rings is 3. The van der Waals surface area contributed by atoms with Gasteiger partial charge in [-0.15, -0.1) is 0 Å². The summed E-state index contributed by atoms with van der Waals surface area (Å²) in [5.41, 5.74) is 6.65. The summed E-state index contributed by atoms with van der Waals surface area (Å²) in [6.45, 7) is 2.09. The summed E-state index contributed by atoms with van der Waals surface area (Å²) < 4.78 is 13.1. The van der Waals surface area contributed by atoms with Crippen LogP contribution in [0, 0.1) is 12.7 Å². The predicted octanol–water partition coefficient (Wildman–Crippen LogP) is 6.96. The highest BCUT2D eigenvalue weighted by Crippen LogP contribution is 2.26. The second-order valence-electron chi connectivity index (χ2n) is 6.63. The Morgan fingerprint density at radius 3 is 2.07 bits per heavy atom. The molecule has 0 bridgehead atoms. The molecule has 1 N–H and O–H groups in total. The number of hydrogen-bond donors (Lipinski definition) is 1. The van der Waals surface area contributed by atoms with Crippen LogP contribution in [0.4, 0.5) is 4.39 Å². The van der Waals surface area contributed by atoms with E-state index in [-0.39, 0.29) is 5.82 Å².